The summed E-state index contributed by atoms with van der Waals surface area (Å²) in [7, 11) is 0. The first-order valence-corrected chi connectivity index (χ1v) is 12.0. The molecule has 0 spiro atoms. The Bertz CT molecular complexity index is 1400. The van der Waals surface area contributed by atoms with E-state index in [2.05, 4.69) is 30.7 Å². The number of carbonyl (C=O) groups excluding carboxylic acids is 1. The fourth-order valence-electron chi connectivity index (χ4n) is 4.31. The monoisotopic (exact) mass is 491 g/mol. The van der Waals surface area contributed by atoms with Gasteiger partial charge >= 0.3 is 0 Å². The maximum atomic E-state index is 14.1. The van der Waals surface area contributed by atoms with Crippen molar-refractivity contribution in [2.75, 3.05) is 31.1 Å². The third kappa shape index (κ3) is 4.73. The highest BCUT2D eigenvalue weighted by Crippen LogP contribution is 2.27. The molecule has 180 valence electrons. The molecule has 0 aliphatic carbocycles. The minimum Gasteiger partial charge on any atom is -0.368 e. The molecule has 2 aromatic heterocycles. The highest BCUT2D eigenvalue weighted by atomic mass is 35.5. The number of aromatic nitrogens is 3. The topological polar surface area (TPSA) is 53.7 Å². The van der Waals surface area contributed by atoms with Crippen LogP contribution in [-0.4, -0.2) is 51.6 Å². The Morgan fingerprint density at radius 2 is 1.71 bits per heavy atom. The maximum Gasteiger partial charge on any atom is 0.272 e. The van der Waals surface area contributed by atoms with E-state index in [0.717, 1.165) is 11.4 Å². The van der Waals surface area contributed by atoms with Gasteiger partial charge in [0, 0.05) is 53.9 Å². The predicted molar refractivity (Wildman–Crippen MR) is 137 cm³/mol. The van der Waals surface area contributed by atoms with Crippen LogP contribution in [-0.2, 0) is 5.41 Å². The van der Waals surface area contributed by atoms with Gasteiger partial charge in [-0.15, -0.1) is 0 Å². The summed E-state index contributed by atoms with van der Waals surface area (Å²) >= 11 is 6.15. The second-order valence-electron chi connectivity index (χ2n) is 9.85. The van der Waals surface area contributed by atoms with Crippen molar-refractivity contribution in [1.29, 1.82) is 0 Å². The summed E-state index contributed by atoms with van der Waals surface area (Å²) in [6, 6.07) is 17.7. The first-order valence-electron chi connectivity index (χ1n) is 11.7. The Morgan fingerprint density at radius 3 is 2.40 bits per heavy atom. The van der Waals surface area contributed by atoms with E-state index in [1.165, 1.54) is 12.1 Å². The van der Waals surface area contributed by atoms with E-state index in [0.29, 0.717) is 53.8 Å². The van der Waals surface area contributed by atoms with Crippen molar-refractivity contribution < 1.29 is 9.18 Å². The smallest absolute Gasteiger partial charge is 0.272 e. The van der Waals surface area contributed by atoms with Gasteiger partial charge in [0.1, 0.15) is 11.5 Å². The van der Waals surface area contributed by atoms with Gasteiger partial charge in [-0.3, -0.25) is 4.79 Å². The Balaban J connectivity index is 1.47. The molecule has 35 heavy (non-hydrogen) atoms. The molecule has 2 aromatic carbocycles. The average molecular weight is 492 g/mol. The maximum absolute atomic E-state index is 14.1. The summed E-state index contributed by atoms with van der Waals surface area (Å²) in [4.78, 5) is 22.2. The standard InChI is InChI=1S/C27H27ClFN5O/c1-27(2,3)24-17-25-30-22(16-23(34(25)31-24)18-6-4-8-20(29)14-18)26(35)33-12-10-32(11-13-33)21-9-5-7-19(28)15-21/h4-9,14-17H,10-13H2,1-3H3. The lowest BCUT2D eigenvalue weighted by molar-refractivity contribution is 0.0741. The lowest BCUT2D eigenvalue weighted by Gasteiger charge is -2.36. The molecular formula is C27H27ClFN5O. The zero-order valence-corrected chi connectivity index (χ0v) is 20.8. The van der Waals surface area contributed by atoms with E-state index in [4.69, 9.17) is 16.7 Å². The number of carbonyl (C=O) groups is 1. The third-order valence-electron chi connectivity index (χ3n) is 6.28. The highest BCUT2D eigenvalue weighted by Gasteiger charge is 2.26. The SMILES string of the molecule is CC(C)(C)c1cc2nc(C(=O)N3CCN(c4cccc(Cl)c4)CC3)cc(-c3cccc(F)c3)n2n1. The van der Waals surface area contributed by atoms with Gasteiger partial charge in [0.25, 0.3) is 5.91 Å². The van der Waals surface area contributed by atoms with Crippen LogP contribution in [0.2, 0.25) is 5.02 Å². The minimum absolute atomic E-state index is 0.144. The van der Waals surface area contributed by atoms with E-state index in [1.807, 2.05) is 41.3 Å². The molecule has 0 unspecified atom stereocenters. The Hall–Kier alpha value is -3.45. The fraction of sp³-hybridized carbons (Fsp3) is 0.296. The first-order chi connectivity index (χ1) is 16.7. The number of halogens is 2. The molecule has 0 saturated carbocycles. The largest absolute Gasteiger partial charge is 0.368 e. The highest BCUT2D eigenvalue weighted by molar-refractivity contribution is 6.30. The van der Waals surface area contributed by atoms with Crippen LogP contribution in [0, 0.1) is 5.82 Å². The van der Waals surface area contributed by atoms with Gasteiger partial charge in [-0.2, -0.15) is 5.10 Å². The van der Waals surface area contributed by atoms with Gasteiger partial charge < -0.3 is 9.80 Å². The third-order valence-corrected chi connectivity index (χ3v) is 6.51. The summed E-state index contributed by atoms with van der Waals surface area (Å²) in [6.07, 6.45) is 0. The van der Waals surface area contributed by atoms with Crippen molar-refractivity contribution in [3.63, 3.8) is 0 Å². The zero-order valence-electron chi connectivity index (χ0n) is 20.0. The number of amides is 1. The molecule has 1 amide bonds. The van der Waals surface area contributed by atoms with Gasteiger partial charge in [-0.1, -0.05) is 50.6 Å². The summed E-state index contributed by atoms with van der Waals surface area (Å²) in [5.74, 6) is -0.491. The summed E-state index contributed by atoms with van der Waals surface area (Å²) in [6.45, 7) is 8.75. The number of nitrogens with zero attached hydrogens (tertiary/aromatic N) is 5. The molecule has 5 rings (SSSR count). The van der Waals surface area contributed by atoms with Crippen LogP contribution in [0.4, 0.5) is 10.1 Å². The second-order valence-corrected chi connectivity index (χ2v) is 10.3. The number of anilines is 1. The average Bonchev–Trinajstić information content (AvgIpc) is 3.28. The molecule has 0 radical (unpaired) electrons. The van der Waals surface area contributed by atoms with E-state index in [-0.39, 0.29) is 17.1 Å². The molecule has 1 aliphatic heterocycles. The summed E-state index contributed by atoms with van der Waals surface area (Å²) < 4.78 is 15.8. The number of benzene rings is 2. The number of piperazine rings is 1. The molecule has 8 heteroatoms. The van der Waals surface area contributed by atoms with Crippen LogP contribution >= 0.6 is 11.6 Å². The number of rotatable bonds is 3. The fourth-order valence-corrected chi connectivity index (χ4v) is 4.49. The molecular weight excluding hydrogens is 465 g/mol. The van der Waals surface area contributed by atoms with E-state index in [1.54, 1.807) is 16.6 Å². The molecule has 6 nitrogen and oxygen atoms in total. The van der Waals surface area contributed by atoms with Gasteiger partial charge in [0.2, 0.25) is 0 Å². The minimum atomic E-state index is -0.347. The molecule has 1 saturated heterocycles. The van der Waals surface area contributed by atoms with Crippen molar-refractivity contribution >= 4 is 28.8 Å². The van der Waals surface area contributed by atoms with Crippen molar-refractivity contribution in [1.82, 2.24) is 19.5 Å². The van der Waals surface area contributed by atoms with Gasteiger partial charge in [-0.05, 0) is 36.4 Å². The van der Waals surface area contributed by atoms with E-state index >= 15 is 0 Å². The van der Waals surface area contributed by atoms with Crippen LogP contribution in [0.5, 0.6) is 0 Å². The van der Waals surface area contributed by atoms with Crippen LogP contribution in [0.15, 0.2) is 60.7 Å². The normalized spacial score (nSPS) is 14.5. The molecule has 1 aliphatic rings. The molecule has 0 N–H and O–H groups in total. The molecule has 4 aromatic rings. The lowest BCUT2D eigenvalue weighted by Crippen LogP contribution is -2.49. The number of fused-ring (bicyclic) bond motifs is 1. The van der Waals surface area contributed by atoms with Crippen molar-refractivity contribution in [2.45, 2.75) is 26.2 Å². The van der Waals surface area contributed by atoms with E-state index < -0.39 is 0 Å². The van der Waals surface area contributed by atoms with Crippen LogP contribution in [0.3, 0.4) is 0 Å². The summed E-state index contributed by atoms with van der Waals surface area (Å²) in [5.41, 5.74) is 3.86. The summed E-state index contributed by atoms with van der Waals surface area (Å²) in [5, 5.41) is 5.44. The van der Waals surface area contributed by atoms with Crippen LogP contribution in [0.1, 0.15) is 37.0 Å². The number of hydrogen-bond acceptors (Lipinski definition) is 4. The van der Waals surface area contributed by atoms with Crippen LogP contribution < -0.4 is 4.90 Å². The Labute approximate surface area is 209 Å². The quantitative estimate of drug-likeness (QED) is 0.382. The van der Waals surface area contributed by atoms with Gasteiger partial charge in [0.05, 0.1) is 11.4 Å². The predicted octanol–water partition coefficient (Wildman–Crippen LogP) is 5.45. The van der Waals surface area contributed by atoms with Crippen molar-refractivity contribution in [2.24, 2.45) is 0 Å². The second kappa shape index (κ2) is 8.96. The lowest BCUT2D eigenvalue weighted by atomic mass is 9.93. The van der Waals surface area contributed by atoms with Crippen molar-refractivity contribution in [3.05, 3.63) is 82.9 Å². The van der Waals surface area contributed by atoms with Crippen LogP contribution in [0.25, 0.3) is 16.9 Å². The molecule has 1 fully saturated rings. The van der Waals surface area contributed by atoms with Crippen molar-refractivity contribution in [3.8, 4) is 11.3 Å². The van der Waals surface area contributed by atoms with Gasteiger partial charge in [-0.25, -0.2) is 13.9 Å². The first kappa shape index (κ1) is 23.3. The number of hydrogen-bond donors (Lipinski definition) is 0. The Morgan fingerprint density at radius 1 is 0.971 bits per heavy atom. The molecule has 3 heterocycles. The Kier molecular flexibility index (Phi) is 5.97. The molecule has 0 bridgehead atoms. The molecule has 0 atom stereocenters. The van der Waals surface area contributed by atoms with E-state index in [9.17, 15) is 9.18 Å². The zero-order chi connectivity index (χ0) is 24.7. The van der Waals surface area contributed by atoms with Gasteiger partial charge in [0.15, 0.2) is 5.65 Å².